The maximum atomic E-state index is 13.7. The molecule has 2 atom stereocenters. The van der Waals surface area contributed by atoms with E-state index < -0.39 is 17.7 Å². The number of thiophene rings is 1. The van der Waals surface area contributed by atoms with Crippen LogP contribution in [0.15, 0.2) is 120 Å². The van der Waals surface area contributed by atoms with Crippen molar-refractivity contribution in [2.45, 2.75) is 37.6 Å². The van der Waals surface area contributed by atoms with Gasteiger partial charge in [0, 0.05) is 45.4 Å². The molecular formula is C45H46N4O7S. The molecule has 0 radical (unpaired) electrons. The van der Waals surface area contributed by atoms with Crippen LogP contribution in [0.5, 0.6) is 5.75 Å². The first kappa shape index (κ1) is 39.6. The normalized spacial score (nSPS) is 15.2. The van der Waals surface area contributed by atoms with E-state index in [1.165, 1.54) is 23.5 Å². The lowest BCUT2D eigenvalue weighted by atomic mass is 9.85. The number of nitrogens with zero attached hydrogens (tertiary/aromatic N) is 1. The number of nitrogens with one attached hydrogen (secondary N) is 3. The Bertz CT molecular complexity index is 2390. The van der Waals surface area contributed by atoms with Crippen molar-refractivity contribution in [3.63, 3.8) is 0 Å². The van der Waals surface area contributed by atoms with Gasteiger partial charge in [-0.3, -0.25) is 9.59 Å². The van der Waals surface area contributed by atoms with Crippen molar-refractivity contribution >= 4 is 34.1 Å². The van der Waals surface area contributed by atoms with Gasteiger partial charge >= 0.3 is 5.97 Å². The van der Waals surface area contributed by atoms with E-state index in [0.29, 0.717) is 40.7 Å². The number of likely N-dealkylation sites (tertiary alicyclic amines) is 1. The molecule has 2 aromatic heterocycles. The summed E-state index contributed by atoms with van der Waals surface area (Å²) >= 11 is 1.52. The minimum absolute atomic E-state index is 0.0643. The number of phenolic OH excluding ortho intramolecular Hbond substituents is 1. The Morgan fingerprint density at radius 1 is 0.912 bits per heavy atom. The van der Waals surface area contributed by atoms with Crippen LogP contribution in [0.2, 0.25) is 0 Å². The fourth-order valence-electron chi connectivity index (χ4n) is 7.19. The van der Waals surface area contributed by atoms with E-state index in [-0.39, 0.29) is 41.8 Å². The van der Waals surface area contributed by atoms with Gasteiger partial charge in [-0.2, -0.15) is 0 Å². The van der Waals surface area contributed by atoms with Crippen molar-refractivity contribution in [1.29, 1.82) is 0 Å². The van der Waals surface area contributed by atoms with Gasteiger partial charge in [0.25, 0.3) is 5.91 Å². The van der Waals surface area contributed by atoms with Gasteiger partial charge < -0.3 is 40.6 Å². The second-order valence-corrected chi connectivity index (χ2v) is 15.7. The molecule has 11 nitrogen and oxygen atoms in total. The molecule has 1 aliphatic heterocycles. The fourth-order valence-corrected chi connectivity index (χ4v) is 8.13. The Morgan fingerprint density at radius 2 is 1.67 bits per heavy atom. The van der Waals surface area contributed by atoms with Crippen LogP contribution in [0, 0.1) is 5.92 Å². The number of piperidine rings is 1. The molecule has 1 fully saturated rings. The minimum Gasteiger partial charge on any atom is -0.506 e. The maximum absolute atomic E-state index is 13.7. The first-order valence-corrected chi connectivity index (χ1v) is 19.8. The predicted molar refractivity (Wildman–Crippen MR) is 221 cm³/mol. The molecular weight excluding hydrogens is 741 g/mol. The lowest BCUT2D eigenvalue weighted by molar-refractivity contribution is -0.164. The number of rotatable bonds is 14. The van der Waals surface area contributed by atoms with E-state index in [9.17, 15) is 29.7 Å². The number of H-pyrrole nitrogens is 1. The molecule has 3 heterocycles. The average molecular weight is 787 g/mol. The molecule has 6 N–H and O–H groups in total. The summed E-state index contributed by atoms with van der Waals surface area (Å²) in [4.78, 5) is 45.3. The molecule has 57 heavy (non-hydrogen) atoms. The molecule has 294 valence electrons. The van der Waals surface area contributed by atoms with Crippen LogP contribution in [-0.4, -0.2) is 70.4 Å². The van der Waals surface area contributed by atoms with Crippen LogP contribution in [0.4, 0.5) is 0 Å². The van der Waals surface area contributed by atoms with Crippen LogP contribution >= 0.6 is 11.3 Å². The highest BCUT2D eigenvalue weighted by atomic mass is 32.1. The number of ether oxygens (including phenoxy) is 1. The molecule has 0 saturated carbocycles. The van der Waals surface area contributed by atoms with Crippen molar-refractivity contribution in [3.8, 4) is 16.2 Å². The SMILES string of the molecule is CN1CCC(COC(=O)[C@@](O)(c2ccccc2)c2cccc(-c3ccc(CNC(=O)c4ccc(CNC[C@H](O)c5ccc(O)c6[nH]c(=O)ccc56)cc4)s3)c2)CC1. The van der Waals surface area contributed by atoms with Gasteiger partial charge in [0.2, 0.25) is 11.2 Å². The van der Waals surface area contributed by atoms with Crippen LogP contribution in [-0.2, 0) is 28.2 Å². The summed E-state index contributed by atoms with van der Waals surface area (Å²) in [6, 6.07) is 33.4. The van der Waals surface area contributed by atoms with E-state index in [0.717, 1.165) is 46.8 Å². The molecule has 1 amide bonds. The summed E-state index contributed by atoms with van der Waals surface area (Å²) in [6.07, 6.45) is 0.999. The molecule has 6 aromatic rings. The van der Waals surface area contributed by atoms with Crippen molar-refractivity contribution < 1.29 is 29.6 Å². The summed E-state index contributed by atoms with van der Waals surface area (Å²) in [5.41, 5.74) is 1.65. The zero-order valence-electron chi connectivity index (χ0n) is 31.6. The number of hydrogen-bond donors (Lipinski definition) is 6. The van der Waals surface area contributed by atoms with E-state index in [2.05, 4.69) is 27.6 Å². The zero-order valence-corrected chi connectivity index (χ0v) is 32.4. The number of aliphatic hydroxyl groups is 2. The average Bonchev–Trinajstić information content (AvgIpc) is 3.72. The standard InChI is InChI=1S/C45H46N4O7S/c1-49-22-20-30(21-23-49)28-56-44(54)45(55,33-7-3-2-4-8-33)34-9-5-6-32(24-34)40-18-14-35(57-40)26-47-43(53)31-12-10-29(11-13-31)25-46-27-39(51)36-15-17-38(50)42-37(36)16-19-41(52)48-42/h2-19,24,30,39,46,50-51,55H,20-23,25-28H2,1H3,(H,47,53)(H,48,52)/t39-,45+/m0/s1. The molecule has 4 aromatic carbocycles. The number of phenols is 1. The molecule has 1 saturated heterocycles. The molecule has 12 heteroatoms. The van der Waals surface area contributed by atoms with E-state index in [1.54, 1.807) is 54.6 Å². The van der Waals surface area contributed by atoms with Crippen molar-refractivity contribution in [2.75, 3.05) is 33.3 Å². The van der Waals surface area contributed by atoms with E-state index in [1.807, 2.05) is 48.5 Å². The van der Waals surface area contributed by atoms with Crippen molar-refractivity contribution in [2.24, 2.45) is 5.92 Å². The summed E-state index contributed by atoms with van der Waals surface area (Å²) in [5.74, 6) is -0.717. The number of pyridine rings is 1. The second kappa shape index (κ2) is 17.7. The number of fused-ring (bicyclic) bond motifs is 1. The van der Waals surface area contributed by atoms with Gasteiger partial charge in [-0.1, -0.05) is 66.7 Å². The Balaban J connectivity index is 0.945. The van der Waals surface area contributed by atoms with E-state index in [4.69, 9.17) is 4.74 Å². The zero-order chi connectivity index (χ0) is 39.9. The van der Waals surface area contributed by atoms with Crippen molar-refractivity contribution in [3.05, 3.63) is 158 Å². The Hall–Kier alpha value is -5.63. The highest BCUT2D eigenvalue weighted by Crippen LogP contribution is 2.36. The summed E-state index contributed by atoms with van der Waals surface area (Å²) in [5, 5.41) is 39.9. The molecule has 0 spiro atoms. The highest BCUT2D eigenvalue weighted by Gasteiger charge is 2.42. The highest BCUT2D eigenvalue weighted by molar-refractivity contribution is 7.15. The van der Waals surface area contributed by atoms with Gasteiger partial charge in [0.05, 0.1) is 24.8 Å². The number of aromatic hydroxyl groups is 1. The largest absolute Gasteiger partial charge is 0.506 e. The first-order valence-electron chi connectivity index (χ1n) is 19.0. The topological polar surface area (TPSA) is 164 Å². The Morgan fingerprint density at radius 3 is 2.44 bits per heavy atom. The number of aliphatic hydroxyl groups excluding tert-OH is 1. The molecule has 1 aliphatic rings. The van der Waals surface area contributed by atoms with Gasteiger partial charge in [0.1, 0.15) is 5.75 Å². The Kier molecular flexibility index (Phi) is 12.3. The first-order chi connectivity index (χ1) is 27.6. The third-order valence-corrected chi connectivity index (χ3v) is 11.7. The molecule has 7 rings (SSSR count). The number of carbonyl (C=O) groups is 2. The van der Waals surface area contributed by atoms with Crippen LogP contribution in [0.25, 0.3) is 21.3 Å². The third-order valence-electron chi connectivity index (χ3n) is 10.6. The number of aromatic nitrogens is 1. The van der Waals surface area contributed by atoms with Crippen LogP contribution in [0.3, 0.4) is 0 Å². The minimum atomic E-state index is -1.99. The van der Waals surface area contributed by atoms with E-state index >= 15 is 0 Å². The second-order valence-electron chi connectivity index (χ2n) is 14.6. The quantitative estimate of drug-likeness (QED) is 0.0746. The van der Waals surface area contributed by atoms with Crippen molar-refractivity contribution in [1.82, 2.24) is 20.5 Å². The summed E-state index contributed by atoms with van der Waals surface area (Å²) < 4.78 is 5.82. The van der Waals surface area contributed by atoms with Gasteiger partial charge in [-0.25, -0.2) is 4.79 Å². The smallest absolute Gasteiger partial charge is 0.347 e. The molecule has 0 unspecified atom stereocenters. The lowest BCUT2D eigenvalue weighted by Crippen LogP contribution is -2.40. The number of hydrogen-bond acceptors (Lipinski definition) is 10. The molecule has 0 bridgehead atoms. The van der Waals surface area contributed by atoms with Gasteiger partial charge in [0.15, 0.2) is 0 Å². The predicted octanol–water partition coefficient (Wildman–Crippen LogP) is 5.84. The number of aromatic amines is 1. The van der Waals surface area contributed by atoms with Gasteiger partial charge in [-0.05, 0) is 104 Å². The lowest BCUT2D eigenvalue weighted by Gasteiger charge is -2.31. The van der Waals surface area contributed by atoms with Crippen LogP contribution < -0.4 is 16.2 Å². The Labute approximate surface area is 334 Å². The third kappa shape index (κ3) is 9.17. The number of carbonyl (C=O) groups excluding carboxylic acids is 2. The summed E-state index contributed by atoms with van der Waals surface area (Å²) in [7, 11) is 2.09. The maximum Gasteiger partial charge on any atom is 0.347 e. The van der Waals surface area contributed by atoms with Crippen LogP contribution in [0.1, 0.15) is 56.4 Å². The fraction of sp³-hybridized carbons (Fsp3) is 0.267. The monoisotopic (exact) mass is 786 g/mol. The summed E-state index contributed by atoms with van der Waals surface area (Å²) in [6.45, 7) is 3.17. The van der Waals surface area contributed by atoms with Gasteiger partial charge in [-0.15, -0.1) is 11.3 Å². The molecule has 0 aliphatic carbocycles. The number of amides is 1. The number of benzene rings is 4. The number of esters is 1.